The predicted molar refractivity (Wildman–Crippen MR) is 109 cm³/mol. The summed E-state index contributed by atoms with van der Waals surface area (Å²) in [5.41, 5.74) is 0.239. The van der Waals surface area contributed by atoms with Gasteiger partial charge in [-0.2, -0.15) is 0 Å². The number of hydrogen-bond donors (Lipinski definition) is 0. The number of likely N-dealkylation sites (tertiary alicyclic amines) is 1. The van der Waals surface area contributed by atoms with Gasteiger partial charge in [0.15, 0.2) is 0 Å². The maximum Gasteiger partial charge on any atom is 0.411 e. The van der Waals surface area contributed by atoms with Crippen molar-refractivity contribution in [3.63, 3.8) is 0 Å². The predicted octanol–water partition coefficient (Wildman–Crippen LogP) is 3.76. The van der Waals surface area contributed by atoms with Crippen LogP contribution >= 0.6 is 0 Å². The molecule has 0 bridgehead atoms. The van der Waals surface area contributed by atoms with Crippen molar-refractivity contribution in [2.24, 2.45) is 0 Å². The first-order valence-electron chi connectivity index (χ1n) is 10.2. The van der Waals surface area contributed by atoms with Crippen LogP contribution in [0.2, 0.25) is 0 Å². The van der Waals surface area contributed by atoms with Crippen LogP contribution in [0.15, 0.2) is 24.3 Å². The number of rotatable bonds is 3. The van der Waals surface area contributed by atoms with E-state index in [0.29, 0.717) is 38.0 Å². The third kappa shape index (κ3) is 4.68. The Morgan fingerprint density at radius 3 is 2.27 bits per heavy atom. The Morgan fingerprint density at radius 2 is 1.73 bits per heavy atom. The van der Waals surface area contributed by atoms with Crippen LogP contribution in [0.4, 0.5) is 9.59 Å². The molecule has 2 saturated heterocycles. The van der Waals surface area contributed by atoms with Crippen molar-refractivity contribution in [1.82, 2.24) is 9.80 Å². The topological polar surface area (TPSA) is 85.4 Å². The first-order valence-corrected chi connectivity index (χ1v) is 10.2. The van der Waals surface area contributed by atoms with Crippen molar-refractivity contribution >= 4 is 18.2 Å². The highest BCUT2D eigenvalue weighted by Gasteiger charge is 2.49. The quantitative estimate of drug-likeness (QED) is 0.549. The number of carbonyl (C=O) groups excluding carboxylic acids is 3. The molecule has 2 amide bonds. The highest BCUT2D eigenvalue weighted by atomic mass is 16.6. The number of ether oxygens (including phenoxy) is 3. The van der Waals surface area contributed by atoms with Gasteiger partial charge in [-0.1, -0.05) is 12.1 Å². The maximum absolute atomic E-state index is 12.6. The Kier molecular flexibility index (Phi) is 5.97. The van der Waals surface area contributed by atoms with Gasteiger partial charge >= 0.3 is 18.2 Å². The summed E-state index contributed by atoms with van der Waals surface area (Å²) in [6.45, 7) is 8.89. The fourth-order valence-electron chi connectivity index (χ4n) is 3.83. The number of methoxy groups -OCH3 is 1. The first-order chi connectivity index (χ1) is 14.0. The maximum atomic E-state index is 12.6. The Balaban J connectivity index is 1.62. The normalized spacial score (nSPS) is 19.4. The van der Waals surface area contributed by atoms with E-state index in [4.69, 9.17) is 14.2 Å². The summed E-state index contributed by atoms with van der Waals surface area (Å²) in [7, 11) is 1.34. The van der Waals surface area contributed by atoms with Crippen LogP contribution in [0.25, 0.3) is 0 Å². The highest BCUT2D eigenvalue weighted by Crippen LogP contribution is 2.37. The Labute approximate surface area is 177 Å². The fraction of sp³-hybridized carbons (Fsp3) is 0.591. The highest BCUT2D eigenvalue weighted by molar-refractivity contribution is 5.89. The van der Waals surface area contributed by atoms with Crippen LogP contribution in [0, 0.1) is 0 Å². The number of amides is 2. The van der Waals surface area contributed by atoms with Gasteiger partial charge in [0.05, 0.1) is 25.3 Å². The van der Waals surface area contributed by atoms with Crippen molar-refractivity contribution in [1.29, 1.82) is 0 Å². The van der Waals surface area contributed by atoms with E-state index in [1.165, 1.54) is 7.11 Å². The second-order valence-corrected chi connectivity index (χ2v) is 8.94. The molecule has 0 aromatic heterocycles. The summed E-state index contributed by atoms with van der Waals surface area (Å²) in [4.78, 5) is 39.9. The minimum absolute atomic E-state index is 0.201. The van der Waals surface area contributed by atoms with Gasteiger partial charge in [-0.25, -0.2) is 14.4 Å². The minimum Gasteiger partial charge on any atom is -0.465 e. The number of piperidine rings is 1. The van der Waals surface area contributed by atoms with Gasteiger partial charge in [-0.3, -0.25) is 4.90 Å². The van der Waals surface area contributed by atoms with Gasteiger partial charge in [-0.15, -0.1) is 0 Å². The molecule has 8 heteroatoms. The Hall–Kier alpha value is -2.77. The molecule has 30 heavy (non-hydrogen) atoms. The molecule has 2 heterocycles. The number of carbonyl (C=O) groups is 3. The molecule has 1 aromatic rings. The summed E-state index contributed by atoms with van der Waals surface area (Å²) < 4.78 is 15.9. The van der Waals surface area contributed by atoms with E-state index in [2.05, 4.69) is 0 Å². The van der Waals surface area contributed by atoms with Crippen molar-refractivity contribution in [3.8, 4) is 0 Å². The molecule has 0 saturated carbocycles. The van der Waals surface area contributed by atoms with Gasteiger partial charge in [0, 0.05) is 25.9 Å². The molecule has 164 valence electrons. The largest absolute Gasteiger partial charge is 0.465 e. The van der Waals surface area contributed by atoms with Crippen molar-refractivity contribution < 1.29 is 28.6 Å². The van der Waals surface area contributed by atoms with Crippen molar-refractivity contribution in [3.05, 3.63) is 35.4 Å². The lowest BCUT2D eigenvalue weighted by molar-refractivity contribution is -0.0171. The molecular weight excluding hydrogens is 388 g/mol. The smallest absolute Gasteiger partial charge is 0.411 e. The average molecular weight is 418 g/mol. The second kappa shape index (κ2) is 8.16. The van der Waals surface area contributed by atoms with E-state index in [9.17, 15) is 14.4 Å². The number of hydrogen-bond acceptors (Lipinski definition) is 6. The van der Waals surface area contributed by atoms with Gasteiger partial charge in [0.2, 0.25) is 0 Å². The SMILES string of the molecule is COC(=O)c1ccc(C(C)N2CC3(CCN(C(=O)OC(C)(C)C)CC3)OC2=O)cc1. The van der Waals surface area contributed by atoms with Crippen LogP contribution < -0.4 is 0 Å². The molecule has 1 unspecified atom stereocenters. The van der Waals surface area contributed by atoms with Crippen molar-refractivity contribution in [2.45, 2.75) is 57.8 Å². The molecule has 8 nitrogen and oxygen atoms in total. The van der Waals surface area contributed by atoms with Crippen LogP contribution in [-0.4, -0.2) is 65.9 Å². The lowest BCUT2D eigenvalue weighted by atomic mass is 9.91. The number of nitrogens with zero attached hydrogens (tertiary/aromatic N) is 2. The Bertz CT molecular complexity index is 806. The molecule has 2 aliphatic rings. The fourth-order valence-corrected chi connectivity index (χ4v) is 3.83. The zero-order valence-electron chi connectivity index (χ0n) is 18.3. The van der Waals surface area contributed by atoms with Crippen LogP contribution in [0.5, 0.6) is 0 Å². The first kappa shape index (κ1) is 21.9. The van der Waals surface area contributed by atoms with Crippen LogP contribution in [-0.2, 0) is 14.2 Å². The third-order valence-electron chi connectivity index (χ3n) is 5.60. The molecular formula is C22H30N2O6. The molecule has 2 fully saturated rings. The summed E-state index contributed by atoms with van der Waals surface area (Å²) in [5, 5.41) is 0. The van der Waals surface area contributed by atoms with Gasteiger partial charge in [-0.05, 0) is 45.4 Å². The molecule has 0 radical (unpaired) electrons. The summed E-state index contributed by atoms with van der Waals surface area (Å²) in [6, 6.07) is 6.82. The zero-order valence-corrected chi connectivity index (χ0v) is 18.3. The van der Waals surface area contributed by atoms with E-state index >= 15 is 0 Å². The van der Waals surface area contributed by atoms with E-state index in [-0.39, 0.29) is 18.2 Å². The standard InChI is InChI=1S/C22H30N2O6/c1-15(16-6-8-17(9-7-16)18(25)28-5)24-14-22(30-20(24)27)10-12-23(13-11-22)19(26)29-21(2,3)4/h6-9,15H,10-14H2,1-5H3. The summed E-state index contributed by atoms with van der Waals surface area (Å²) in [5.74, 6) is -0.398. The number of esters is 1. The Morgan fingerprint density at radius 1 is 1.13 bits per heavy atom. The van der Waals surface area contributed by atoms with E-state index in [1.54, 1.807) is 21.9 Å². The monoisotopic (exact) mass is 418 g/mol. The van der Waals surface area contributed by atoms with E-state index in [1.807, 2.05) is 39.8 Å². The molecule has 1 aromatic carbocycles. The van der Waals surface area contributed by atoms with Crippen molar-refractivity contribution in [2.75, 3.05) is 26.7 Å². The molecule has 3 rings (SSSR count). The lowest BCUT2D eigenvalue weighted by Crippen LogP contribution is -2.49. The molecule has 0 aliphatic carbocycles. The zero-order chi connectivity index (χ0) is 22.1. The summed E-state index contributed by atoms with van der Waals surface area (Å²) >= 11 is 0. The van der Waals surface area contributed by atoms with Gasteiger partial charge in [0.25, 0.3) is 0 Å². The second-order valence-electron chi connectivity index (χ2n) is 8.94. The van der Waals surface area contributed by atoms with Gasteiger partial charge < -0.3 is 19.1 Å². The molecule has 1 spiro atoms. The van der Waals surface area contributed by atoms with E-state index < -0.39 is 17.2 Å². The molecule has 1 atom stereocenters. The average Bonchev–Trinajstić information content (AvgIpc) is 3.01. The van der Waals surface area contributed by atoms with Gasteiger partial charge in [0.1, 0.15) is 11.2 Å². The van der Waals surface area contributed by atoms with E-state index in [0.717, 1.165) is 5.56 Å². The van der Waals surface area contributed by atoms with Crippen LogP contribution in [0.3, 0.4) is 0 Å². The molecule has 0 N–H and O–H groups in total. The molecule has 2 aliphatic heterocycles. The summed E-state index contributed by atoms with van der Waals surface area (Å²) in [6.07, 6.45) is 0.452. The lowest BCUT2D eigenvalue weighted by Gasteiger charge is -2.38. The van der Waals surface area contributed by atoms with Crippen LogP contribution in [0.1, 0.15) is 62.5 Å². The number of benzene rings is 1. The third-order valence-corrected chi connectivity index (χ3v) is 5.60. The minimum atomic E-state index is -0.587.